The van der Waals surface area contributed by atoms with Crippen molar-refractivity contribution in [2.75, 3.05) is 56.6 Å². The topological polar surface area (TPSA) is 69.0 Å². The van der Waals surface area contributed by atoms with Crippen LogP contribution in [0.25, 0.3) is 11.0 Å². The van der Waals surface area contributed by atoms with Gasteiger partial charge in [-0.2, -0.15) is 0 Å². The minimum absolute atomic E-state index is 0.0225. The van der Waals surface area contributed by atoms with Crippen LogP contribution in [-0.2, 0) is 0 Å². The maximum absolute atomic E-state index is 13.1. The van der Waals surface area contributed by atoms with Crippen molar-refractivity contribution in [3.63, 3.8) is 0 Å². The van der Waals surface area contributed by atoms with Crippen molar-refractivity contribution in [1.29, 1.82) is 0 Å². The van der Waals surface area contributed by atoms with Crippen LogP contribution < -0.4 is 20.7 Å². The fraction of sp³-hybridized carbons (Fsp3) is 0.267. The molecule has 3 aromatic carbocycles. The normalized spacial score (nSPS) is 14.9. The molecule has 7 heteroatoms. The molecule has 1 amide bonds. The first-order chi connectivity index (χ1) is 18.0. The van der Waals surface area contributed by atoms with Crippen molar-refractivity contribution < 1.29 is 9.21 Å². The number of nitrogens with one attached hydrogen (secondary N) is 1. The van der Waals surface area contributed by atoms with E-state index < -0.39 is 11.5 Å². The summed E-state index contributed by atoms with van der Waals surface area (Å²) < 4.78 is 5.37. The minimum atomic E-state index is -0.625. The summed E-state index contributed by atoms with van der Waals surface area (Å²) in [5, 5.41) is 3.74. The van der Waals surface area contributed by atoms with E-state index in [1.807, 2.05) is 32.3 Å². The van der Waals surface area contributed by atoms with Gasteiger partial charge in [0.2, 0.25) is 0 Å². The first-order valence-corrected chi connectivity index (χ1v) is 12.6. The number of fused-ring (bicyclic) bond motifs is 1. The monoisotopic (exact) mass is 496 g/mol. The number of hydrogen-bond donors (Lipinski definition) is 1. The van der Waals surface area contributed by atoms with Gasteiger partial charge < -0.3 is 19.5 Å². The SMILES string of the molecule is CN(C)c1ccc([C@@H](CNC(=O)c2cc3ccccc3oc2=O)N2CCN(c3ccccc3)CC2)cc1. The number of piperazine rings is 1. The molecule has 1 atom stereocenters. The summed E-state index contributed by atoms with van der Waals surface area (Å²) in [6.45, 7) is 3.92. The Morgan fingerprint density at radius 1 is 0.919 bits per heavy atom. The molecule has 1 aromatic heterocycles. The molecule has 5 rings (SSSR count). The van der Waals surface area contributed by atoms with E-state index in [-0.39, 0.29) is 11.6 Å². The highest BCUT2D eigenvalue weighted by atomic mass is 16.4. The van der Waals surface area contributed by atoms with Gasteiger partial charge in [0.1, 0.15) is 11.1 Å². The third kappa shape index (κ3) is 5.52. The average Bonchev–Trinajstić information content (AvgIpc) is 2.93. The van der Waals surface area contributed by atoms with Crippen LogP contribution in [0.5, 0.6) is 0 Å². The smallest absolute Gasteiger partial charge is 0.349 e. The van der Waals surface area contributed by atoms with Crippen molar-refractivity contribution >= 4 is 28.3 Å². The van der Waals surface area contributed by atoms with Gasteiger partial charge >= 0.3 is 5.63 Å². The number of rotatable bonds is 7. The Labute approximate surface area is 216 Å². The van der Waals surface area contributed by atoms with Crippen molar-refractivity contribution in [2.45, 2.75) is 6.04 Å². The number of carbonyl (C=O) groups excluding carboxylic acids is 1. The summed E-state index contributed by atoms with van der Waals surface area (Å²) in [6.07, 6.45) is 0. The molecule has 1 aliphatic heterocycles. The number of anilines is 2. The Morgan fingerprint density at radius 3 is 2.30 bits per heavy atom. The van der Waals surface area contributed by atoms with Gasteiger partial charge in [0, 0.05) is 63.6 Å². The summed E-state index contributed by atoms with van der Waals surface area (Å²) in [5.41, 5.74) is 3.34. The summed E-state index contributed by atoms with van der Waals surface area (Å²) in [5.74, 6) is -0.419. The van der Waals surface area contributed by atoms with Crippen LogP contribution in [0.3, 0.4) is 0 Å². The van der Waals surface area contributed by atoms with E-state index >= 15 is 0 Å². The lowest BCUT2D eigenvalue weighted by atomic mass is 10.0. The molecule has 37 heavy (non-hydrogen) atoms. The fourth-order valence-electron chi connectivity index (χ4n) is 4.89. The predicted molar refractivity (Wildman–Crippen MR) is 149 cm³/mol. The van der Waals surface area contributed by atoms with E-state index in [1.54, 1.807) is 18.2 Å². The van der Waals surface area contributed by atoms with Gasteiger partial charge in [-0.05, 0) is 42.0 Å². The highest BCUT2D eigenvalue weighted by Crippen LogP contribution is 2.26. The zero-order chi connectivity index (χ0) is 25.8. The number of para-hydroxylation sites is 2. The van der Waals surface area contributed by atoms with E-state index in [2.05, 4.69) is 68.5 Å². The van der Waals surface area contributed by atoms with Crippen molar-refractivity contribution in [1.82, 2.24) is 10.2 Å². The predicted octanol–water partition coefficient (Wildman–Crippen LogP) is 4.15. The van der Waals surface area contributed by atoms with E-state index in [4.69, 9.17) is 4.42 Å². The molecule has 1 N–H and O–H groups in total. The molecule has 1 aliphatic rings. The second-order valence-corrected chi connectivity index (χ2v) is 9.56. The van der Waals surface area contributed by atoms with Crippen molar-refractivity contribution in [2.24, 2.45) is 0 Å². The molecule has 7 nitrogen and oxygen atoms in total. The molecule has 0 aliphatic carbocycles. The molecule has 0 bridgehead atoms. The molecular weight excluding hydrogens is 464 g/mol. The van der Waals surface area contributed by atoms with Crippen LogP contribution >= 0.6 is 0 Å². The highest BCUT2D eigenvalue weighted by Gasteiger charge is 2.26. The Kier molecular flexibility index (Phi) is 7.23. The maximum Gasteiger partial charge on any atom is 0.349 e. The summed E-state index contributed by atoms with van der Waals surface area (Å²) in [7, 11) is 4.04. The molecule has 0 spiro atoms. The highest BCUT2D eigenvalue weighted by molar-refractivity contribution is 5.96. The van der Waals surface area contributed by atoms with Gasteiger partial charge in [-0.15, -0.1) is 0 Å². The Morgan fingerprint density at radius 2 is 1.59 bits per heavy atom. The number of nitrogens with zero attached hydrogens (tertiary/aromatic N) is 3. The molecule has 190 valence electrons. The first kappa shape index (κ1) is 24.6. The molecule has 4 aromatic rings. The number of benzene rings is 3. The zero-order valence-corrected chi connectivity index (χ0v) is 21.3. The van der Waals surface area contributed by atoms with E-state index in [1.165, 1.54) is 5.69 Å². The van der Waals surface area contributed by atoms with Crippen LogP contribution in [0, 0.1) is 0 Å². The molecule has 2 heterocycles. The number of carbonyl (C=O) groups is 1. The molecule has 0 radical (unpaired) electrons. The largest absolute Gasteiger partial charge is 0.422 e. The van der Waals surface area contributed by atoms with E-state index in [0.29, 0.717) is 12.1 Å². The van der Waals surface area contributed by atoms with Crippen LogP contribution in [-0.4, -0.2) is 57.6 Å². The van der Waals surface area contributed by atoms with Crippen LogP contribution in [0.4, 0.5) is 11.4 Å². The van der Waals surface area contributed by atoms with Gasteiger partial charge in [0.05, 0.1) is 6.04 Å². The lowest BCUT2D eigenvalue weighted by Crippen LogP contribution is -2.50. The van der Waals surface area contributed by atoms with Gasteiger partial charge in [-0.3, -0.25) is 9.69 Å². The zero-order valence-electron chi connectivity index (χ0n) is 21.3. The molecular formula is C30H32N4O3. The molecule has 0 saturated carbocycles. The van der Waals surface area contributed by atoms with Crippen LogP contribution in [0.1, 0.15) is 22.0 Å². The lowest BCUT2D eigenvalue weighted by Gasteiger charge is -2.40. The van der Waals surface area contributed by atoms with Gasteiger partial charge in [-0.1, -0.05) is 48.5 Å². The van der Waals surface area contributed by atoms with Crippen molar-refractivity contribution in [3.8, 4) is 0 Å². The van der Waals surface area contributed by atoms with E-state index in [0.717, 1.165) is 42.8 Å². The number of amides is 1. The summed E-state index contributed by atoms with van der Waals surface area (Å²) >= 11 is 0. The Balaban J connectivity index is 1.34. The third-order valence-electron chi connectivity index (χ3n) is 7.01. The summed E-state index contributed by atoms with van der Waals surface area (Å²) in [4.78, 5) is 32.5. The number of hydrogen-bond acceptors (Lipinski definition) is 6. The van der Waals surface area contributed by atoms with Gasteiger partial charge in [-0.25, -0.2) is 4.79 Å². The Bertz CT molecular complexity index is 1410. The summed E-state index contributed by atoms with van der Waals surface area (Å²) in [6, 6.07) is 27.7. The van der Waals surface area contributed by atoms with E-state index in [9.17, 15) is 9.59 Å². The molecule has 1 saturated heterocycles. The second kappa shape index (κ2) is 10.9. The van der Waals surface area contributed by atoms with Crippen LogP contribution in [0.2, 0.25) is 0 Å². The fourth-order valence-corrected chi connectivity index (χ4v) is 4.89. The standard InChI is InChI=1S/C30H32N4O3/c1-32(2)24-14-12-22(13-15-24)27(34-18-16-33(17-19-34)25-9-4-3-5-10-25)21-31-29(35)26-20-23-8-6-7-11-28(23)37-30(26)36/h3-15,20,27H,16-19,21H2,1-2H3,(H,31,35)/t27-/m1/s1. The lowest BCUT2D eigenvalue weighted by molar-refractivity contribution is 0.0926. The van der Waals surface area contributed by atoms with Gasteiger partial charge in [0.25, 0.3) is 5.91 Å². The maximum atomic E-state index is 13.1. The average molecular weight is 497 g/mol. The third-order valence-corrected chi connectivity index (χ3v) is 7.01. The second-order valence-electron chi connectivity index (χ2n) is 9.56. The Hall–Kier alpha value is -4.10. The minimum Gasteiger partial charge on any atom is -0.422 e. The van der Waals surface area contributed by atoms with Gasteiger partial charge in [0.15, 0.2) is 0 Å². The van der Waals surface area contributed by atoms with Crippen LogP contribution in [0.15, 0.2) is 94.1 Å². The first-order valence-electron chi connectivity index (χ1n) is 12.6. The molecule has 0 unspecified atom stereocenters. The quantitative estimate of drug-likeness (QED) is 0.388. The molecule has 1 fully saturated rings. The van der Waals surface area contributed by atoms with Crippen molar-refractivity contribution in [3.05, 3.63) is 106 Å².